The van der Waals surface area contributed by atoms with Gasteiger partial charge in [0.25, 0.3) is 0 Å². The van der Waals surface area contributed by atoms with Crippen molar-refractivity contribution in [3.8, 4) is 0 Å². The number of hydrogen-bond donors (Lipinski definition) is 1. The van der Waals surface area contributed by atoms with Gasteiger partial charge in [0.15, 0.2) is 0 Å². The zero-order valence-corrected chi connectivity index (χ0v) is 12.2. The quantitative estimate of drug-likeness (QED) is 0.836. The summed E-state index contributed by atoms with van der Waals surface area (Å²) in [6.07, 6.45) is -2.47. The lowest BCUT2D eigenvalue weighted by Crippen LogP contribution is -2.38. The highest BCUT2D eigenvalue weighted by molar-refractivity contribution is 5.14. The normalized spacial score (nSPS) is 12.4. The molecule has 0 saturated carbocycles. The van der Waals surface area contributed by atoms with Crippen LogP contribution in [0.3, 0.4) is 0 Å². The predicted molar refractivity (Wildman–Crippen MR) is 73.2 cm³/mol. The summed E-state index contributed by atoms with van der Waals surface area (Å²) in [5, 5.41) is 3.17. The number of hydrogen-bond acceptors (Lipinski definition) is 3. The first-order chi connectivity index (χ1) is 9.31. The highest BCUT2D eigenvalue weighted by Gasteiger charge is 2.31. The largest absolute Gasteiger partial charge is 0.401 e. The number of rotatable bonds is 7. The molecule has 0 aliphatic heterocycles. The van der Waals surface area contributed by atoms with Crippen LogP contribution in [0.4, 0.5) is 13.2 Å². The molecule has 1 aromatic rings. The minimum Gasteiger partial charge on any atom is -0.313 e. The van der Waals surface area contributed by atoms with Gasteiger partial charge in [-0.3, -0.25) is 9.88 Å². The van der Waals surface area contributed by atoms with Crippen LogP contribution in [0.15, 0.2) is 18.3 Å². The molecule has 0 bridgehead atoms. The molecule has 1 aromatic heterocycles. The Bertz CT molecular complexity index is 388. The third-order valence-electron chi connectivity index (χ3n) is 2.94. The van der Waals surface area contributed by atoms with E-state index in [1.807, 2.05) is 13.0 Å². The van der Waals surface area contributed by atoms with E-state index in [2.05, 4.69) is 10.3 Å². The molecular formula is C14H22F3N3. The van der Waals surface area contributed by atoms with Crippen LogP contribution in [0, 0.1) is 0 Å². The monoisotopic (exact) mass is 289 g/mol. The van der Waals surface area contributed by atoms with Crippen molar-refractivity contribution in [2.45, 2.75) is 46.1 Å². The lowest BCUT2D eigenvalue weighted by Gasteiger charge is -2.27. The molecule has 20 heavy (non-hydrogen) atoms. The first-order valence-corrected chi connectivity index (χ1v) is 6.77. The molecule has 0 amide bonds. The topological polar surface area (TPSA) is 28.2 Å². The maximum atomic E-state index is 12.5. The highest BCUT2D eigenvalue weighted by Crippen LogP contribution is 2.19. The van der Waals surface area contributed by atoms with Crippen molar-refractivity contribution in [1.29, 1.82) is 0 Å². The van der Waals surface area contributed by atoms with Gasteiger partial charge in [0.2, 0.25) is 0 Å². The van der Waals surface area contributed by atoms with Gasteiger partial charge < -0.3 is 5.32 Å². The summed E-state index contributed by atoms with van der Waals surface area (Å²) in [6.45, 7) is 6.41. The summed E-state index contributed by atoms with van der Waals surface area (Å²) in [5.74, 6) is 0. The molecule has 0 fully saturated rings. The van der Waals surface area contributed by atoms with Crippen LogP contribution >= 0.6 is 0 Å². The van der Waals surface area contributed by atoms with Gasteiger partial charge >= 0.3 is 6.18 Å². The van der Waals surface area contributed by atoms with Crippen LogP contribution < -0.4 is 5.32 Å². The molecule has 1 rings (SSSR count). The van der Waals surface area contributed by atoms with Crippen LogP contribution in [0.25, 0.3) is 0 Å². The first-order valence-electron chi connectivity index (χ1n) is 6.77. The summed E-state index contributed by atoms with van der Waals surface area (Å²) in [4.78, 5) is 5.60. The second-order valence-corrected chi connectivity index (χ2v) is 5.05. The zero-order valence-electron chi connectivity index (χ0n) is 12.2. The second kappa shape index (κ2) is 7.59. The third kappa shape index (κ3) is 6.34. The number of aromatic nitrogens is 1. The summed E-state index contributed by atoms with van der Waals surface area (Å²) >= 11 is 0. The fraction of sp³-hybridized carbons (Fsp3) is 0.643. The molecule has 1 N–H and O–H groups in total. The van der Waals surface area contributed by atoms with Crippen LogP contribution in [-0.2, 0) is 13.1 Å². The Balaban J connectivity index is 2.64. The van der Waals surface area contributed by atoms with Crippen LogP contribution in [0.5, 0.6) is 0 Å². The lowest BCUT2D eigenvalue weighted by molar-refractivity contribution is -0.151. The number of nitrogens with one attached hydrogen (secondary N) is 1. The molecule has 0 spiro atoms. The van der Waals surface area contributed by atoms with Gasteiger partial charge in [-0.2, -0.15) is 13.2 Å². The summed E-state index contributed by atoms with van der Waals surface area (Å²) in [5.41, 5.74) is 1.69. The maximum Gasteiger partial charge on any atom is 0.401 e. The van der Waals surface area contributed by atoms with E-state index in [4.69, 9.17) is 0 Å². The highest BCUT2D eigenvalue weighted by atomic mass is 19.4. The Morgan fingerprint density at radius 2 is 2.00 bits per heavy atom. The average molecular weight is 289 g/mol. The Hall–Kier alpha value is -1.14. The smallest absolute Gasteiger partial charge is 0.313 e. The first kappa shape index (κ1) is 16.9. The summed E-state index contributed by atoms with van der Waals surface area (Å²) in [6, 6.07) is 3.51. The Kier molecular flexibility index (Phi) is 6.42. The van der Waals surface area contributed by atoms with Crippen LogP contribution in [0.1, 0.15) is 32.0 Å². The summed E-state index contributed by atoms with van der Waals surface area (Å²) in [7, 11) is 0. The van der Waals surface area contributed by atoms with E-state index in [0.29, 0.717) is 5.69 Å². The minimum atomic E-state index is -4.19. The fourth-order valence-corrected chi connectivity index (χ4v) is 1.78. The summed E-state index contributed by atoms with van der Waals surface area (Å²) < 4.78 is 37.5. The Labute approximate surface area is 118 Å². The van der Waals surface area contributed by atoms with Crippen molar-refractivity contribution in [3.05, 3.63) is 29.6 Å². The standard InChI is InChI=1S/C14H22F3N3/c1-4-18-7-12-5-6-13(19-8-12)9-20(11(2)3)10-14(15,16)17/h5-6,8,11,18H,4,7,9-10H2,1-3H3. The Morgan fingerprint density at radius 1 is 1.30 bits per heavy atom. The van der Waals surface area contributed by atoms with Crippen molar-refractivity contribution < 1.29 is 13.2 Å². The molecule has 0 radical (unpaired) electrons. The molecule has 0 saturated heterocycles. The lowest BCUT2D eigenvalue weighted by atomic mass is 10.2. The van der Waals surface area contributed by atoms with E-state index in [9.17, 15) is 13.2 Å². The number of nitrogens with zero attached hydrogens (tertiary/aromatic N) is 2. The van der Waals surface area contributed by atoms with E-state index in [-0.39, 0.29) is 12.6 Å². The molecule has 6 heteroatoms. The van der Waals surface area contributed by atoms with Crippen LogP contribution in [-0.4, -0.2) is 35.2 Å². The molecule has 0 aromatic carbocycles. The van der Waals surface area contributed by atoms with Gasteiger partial charge in [0, 0.05) is 25.3 Å². The SMILES string of the molecule is CCNCc1ccc(CN(CC(F)(F)F)C(C)C)nc1. The van der Waals surface area contributed by atoms with Gasteiger partial charge in [-0.25, -0.2) is 0 Å². The van der Waals surface area contributed by atoms with Crippen molar-refractivity contribution in [2.75, 3.05) is 13.1 Å². The molecule has 1 heterocycles. The van der Waals surface area contributed by atoms with E-state index >= 15 is 0 Å². The molecule has 0 aliphatic carbocycles. The van der Waals surface area contributed by atoms with Crippen molar-refractivity contribution in [2.24, 2.45) is 0 Å². The second-order valence-electron chi connectivity index (χ2n) is 5.05. The predicted octanol–water partition coefficient (Wildman–Crippen LogP) is 2.96. The van der Waals surface area contributed by atoms with Crippen molar-refractivity contribution in [3.63, 3.8) is 0 Å². The van der Waals surface area contributed by atoms with E-state index < -0.39 is 12.7 Å². The molecule has 0 atom stereocenters. The van der Waals surface area contributed by atoms with E-state index in [0.717, 1.165) is 18.7 Å². The molecule has 114 valence electrons. The van der Waals surface area contributed by atoms with Gasteiger partial charge in [-0.15, -0.1) is 0 Å². The van der Waals surface area contributed by atoms with Gasteiger partial charge in [0.1, 0.15) is 0 Å². The van der Waals surface area contributed by atoms with Gasteiger partial charge in [0.05, 0.1) is 12.2 Å². The molecule has 3 nitrogen and oxygen atoms in total. The van der Waals surface area contributed by atoms with Crippen LogP contribution in [0.2, 0.25) is 0 Å². The minimum absolute atomic E-state index is 0.181. The van der Waals surface area contributed by atoms with E-state index in [1.165, 1.54) is 4.90 Å². The number of alkyl halides is 3. The molecule has 0 aliphatic rings. The molecule has 0 unspecified atom stereocenters. The fourth-order valence-electron chi connectivity index (χ4n) is 1.78. The Morgan fingerprint density at radius 3 is 2.45 bits per heavy atom. The van der Waals surface area contributed by atoms with Crippen molar-refractivity contribution in [1.82, 2.24) is 15.2 Å². The van der Waals surface area contributed by atoms with E-state index in [1.54, 1.807) is 26.1 Å². The number of halogens is 3. The van der Waals surface area contributed by atoms with Gasteiger partial charge in [-0.05, 0) is 32.0 Å². The molecular weight excluding hydrogens is 267 g/mol. The maximum absolute atomic E-state index is 12.5. The van der Waals surface area contributed by atoms with Crippen molar-refractivity contribution >= 4 is 0 Å². The van der Waals surface area contributed by atoms with Gasteiger partial charge in [-0.1, -0.05) is 13.0 Å². The average Bonchev–Trinajstić information content (AvgIpc) is 2.35. The third-order valence-corrected chi connectivity index (χ3v) is 2.94. The zero-order chi connectivity index (χ0) is 15.2. The number of pyridine rings is 1.